The van der Waals surface area contributed by atoms with E-state index in [0.29, 0.717) is 11.1 Å². The number of carbonyl (C=O) groups is 1. The van der Waals surface area contributed by atoms with Crippen LogP contribution in [0.3, 0.4) is 0 Å². The Morgan fingerprint density at radius 1 is 1.32 bits per heavy atom. The molecule has 0 saturated carbocycles. The number of hydrogen-bond acceptors (Lipinski definition) is 1. The van der Waals surface area contributed by atoms with Crippen molar-refractivity contribution in [3.05, 3.63) is 68.4 Å². The standard InChI is InChI=1S/C15H11BrClFO/c1-9-7-11(16)5-6-12(9)14(19)8-10-3-2-4-13(18)15(10)17/h2-7H,8H2,1H3. The van der Waals surface area contributed by atoms with Crippen molar-refractivity contribution in [3.63, 3.8) is 0 Å². The third-order valence-electron chi connectivity index (χ3n) is 2.87. The van der Waals surface area contributed by atoms with Gasteiger partial charge in [-0.1, -0.05) is 45.7 Å². The Morgan fingerprint density at radius 2 is 2.05 bits per heavy atom. The highest BCUT2D eigenvalue weighted by atomic mass is 79.9. The lowest BCUT2D eigenvalue weighted by atomic mass is 9.99. The van der Waals surface area contributed by atoms with E-state index in [0.717, 1.165) is 10.0 Å². The van der Waals surface area contributed by atoms with Gasteiger partial charge in [0.05, 0.1) is 5.02 Å². The molecule has 0 aromatic heterocycles. The maximum atomic E-state index is 13.3. The molecule has 0 unspecified atom stereocenters. The molecule has 2 aromatic rings. The molecule has 0 atom stereocenters. The molecule has 0 saturated heterocycles. The minimum Gasteiger partial charge on any atom is -0.294 e. The van der Waals surface area contributed by atoms with Gasteiger partial charge in [-0.3, -0.25) is 4.79 Å². The first-order chi connectivity index (χ1) is 8.99. The van der Waals surface area contributed by atoms with Crippen molar-refractivity contribution in [1.82, 2.24) is 0 Å². The van der Waals surface area contributed by atoms with Crippen molar-refractivity contribution >= 4 is 33.3 Å². The lowest BCUT2D eigenvalue weighted by Crippen LogP contribution is -2.06. The molecule has 0 aliphatic rings. The SMILES string of the molecule is Cc1cc(Br)ccc1C(=O)Cc1cccc(F)c1Cl. The molecule has 98 valence electrons. The smallest absolute Gasteiger partial charge is 0.167 e. The van der Waals surface area contributed by atoms with Gasteiger partial charge in [0.15, 0.2) is 5.78 Å². The van der Waals surface area contributed by atoms with Crippen LogP contribution in [0, 0.1) is 12.7 Å². The Morgan fingerprint density at radius 3 is 2.74 bits per heavy atom. The summed E-state index contributed by atoms with van der Waals surface area (Å²) in [6.07, 6.45) is 0.0963. The van der Waals surface area contributed by atoms with Crippen LogP contribution in [-0.4, -0.2) is 5.78 Å². The summed E-state index contributed by atoms with van der Waals surface area (Å²) < 4.78 is 14.2. The second-order valence-electron chi connectivity index (χ2n) is 4.27. The quantitative estimate of drug-likeness (QED) is 0.720. The van der Waals surface area contributed by atoms with Crippen LogP contribution in [-0.2, 0) is 6.42 Å². The molecule has 2 aromatic carbocycles. The molecule has 4 heteroatoms. The molecule has 19 heavy (non-hydrogen) atoms. The number of hydrogen-bond donors (Lipinski definition) is 0. The maximum absolute atomic E-state index is 13.3. The van der Waals surface area contributed by atoms with Crippen molar-refractivity contribution in [2.45, 2.75) is 13.3 Å². The Labute approximate surface area is 124 Å². The lowest BCUT2D eigenvalue weighted by molar-refractivity contribution is 0.0992. The van der Waals surface area contributed by atoms with Gasteiger partial charge in [-0.15, -0.1) is 0 Å². The summed E-state index contributed by atoms with van der Waals surface area (Å²) in [5.74, 6) is -0.572. The third-order valence-corrected chi connectivity index (χ3v) is 3.79. The molecule has 0 heterocycles. The van der Waals surface area contributed by atoms with Gasteiger partial charge in [-0.2, -0.15) is 0 Å². The van der Waals surface area contributed by atoms with Crippen molar-refractivity contribution in [3.8, 4) is 0 Å². The summed E-state index contributed by atoms with van der Waals surface area (Å²) in [5.41, 5.74) is 2.02. The summed E-state index contributed by atoms with van der Waals surface area (Å²) in [4.78, 5) is 12.2. The van der Waals surface area contributed by atoms with E-state index in [1.54, 1.807) is 18.2 Å². The number of benzene rings is 2. The molecular formula is C15H11BrClFO. The van der Waals surface area contributed by atoms with Crippen LogP contribution in [0.1, 0.15) is 21.5 Å². The van der Waals surface area contributed by atoms with Gasteiger partial charge in [-0.05, 0) is 36.2 Å². The number of halogens is 3. The first-order valence-electron chi connectivity index (χ1n) is 5.71. The van der Waals surface area contributed by atoms with Gasteiger partial charge in [0, 0.05) is 16.5 Å². The highest BCUT2D eigenvalue weighted by molar-refractivity contribution is 9.10. The van der Waals surface area contributed by atoms with Crippen LogP contribution in [0.25, 0.3) is 0 Å². The van der Waals surface area contributed by atoms with Crippen LogP contribution >= 0.6 is 27.5 Å². The van der Waals surface area contributed by atoms with Gasteiger partial charge in [0.1, 0.15) is 5.82 Å². The first-order valence-corrected chi connectivity index (χ1v) is 6.88. The van der Waals surface area contributed by atoms with Crippen molar-refractivity contribution in [2.24, 2.45) is 0 Å². The Hall–Kier alpha value is -1.19. The third kappa shape index (κ3) is 3.23. The zero-order valence-electron chi connectivity index (χ0n) is 10.2. The van der Waals surface area contributed by atoms with Crippen LogP contribution in [0.4, 0.5) is 4.39 Å². The van der Waals surface area contributed by atoms with E-state index in [1.165, 1.54) is 6.07 Å². The fourth-order valence-corrected chi connectivity index (χ4v) is 2.56. The number of Topliss-reactive ketones (excluding diaryl/α,β-unsaturated/α-hetero) is 1. The predicted molar refractivity (Wildman–Crippen MR) is 78.3 cm³/mol. The van der Waals surface area contributed by atoms with E-state index in [4.69, 9.17) is 11.6 Å². The number of rotatable bonds is 3. The van der Waals surface area contributed by atoms with E-state index < -0.39 is 5.82 Å². The molecule has 0 spiro atoms. The molecule has 0 fully saturated rings. The summed E-state index contributed by atoms with van der Waals surface area (Å²) in [6.45, 7) is 1.87. The zero-order valence-corrected chi connectivity index (χ0v) is 12.6. The van der Waals surface area contributed by atoms with E-state index in [9.17, 15) is 9.18 Å². The highest BCUT2D eigenvalue weighted by Crippen LogP contribution is 2.23. The molecular weight excluding hydrogens is 331 g/mol. The van der Waals surface area contributed by atoms with Gasteiger partial charge in [0.2, 0.25) is 0 Å². The first kappa shape index (κ1) is 14.2. The average molecular weight is 342 g/mol. The van der Waals surface area contributed by atoms with Gasteiger partial charge >= 0.3 is 0 Å². The minimum atomic E-state index is -0.500. The normalized spacial score (nSPS) is 10.5. The number of ketones is 1. The Balaban J connectivity index is 2.28. The minimum absolute atomic E-state index is 0.0191. The van der Waals surface area contributed by atoms with Gasteiger partial charge < -0.3 is 0 Å². The molecule has 2 rings (SSSR count). The summed E-state index contributed by atoms with van der Waals surface area (Å²) in [7, 11) is 0. The summed E-state index contributed by atoms with van der Waals surface area (Å²) in [6, 6.07) is 9.94. The van der Waals surface area contributed by atoms with Crippen LogP contribution in [0.2, 0.25) is 5.02 Å². The number of carbonyl (C=O) groups excluding carboxylic acids is 1. The molecule has 0 bridgehead atoms. The van der Waals surface area contributed by atoms with Crippen molar-refractivity contribution in [2.75, 3.05) is 0 Å². The molecule has 0 aliphatic heterocycles. The molecule has 0 aliphatic carbocycles. The Bertz CT molecular complexity index is 640. The summed E-state index contributed by atoms with van der Waals surface area (Å²) in [5, 5.41) is 0.0191. The second kappa shape index (κ2) is 5.85. The van der Waals surface area contributed by atoms with Crippen molar-refractivity contribution in [1.29, 1.82) is 0 Å². The van der Waals surface area contributed by atoms with Gasteiger partial charge in [-0.25, -0.2) is 4.39 Å². The monoisotopic (exact) mass is 340 g/mol. The molecule has 0 amide bonds. The topological polar surface area (TPSA) is 17.1 Å². The zero-order chi connectivity index (χ0) is 14.0. The molecule has 0 radical (unpaired) electrons. The number of aryl methyl sites for hydroxylation is 1. The van der Waals surface area contributed by atoms with E-state index >= 15 is 0 Å². The van der Waals surface area contributed by atoms with E-state index in [1.807, 2.05) is 19.1 Å². The van der Waals surface area contributed by atoms with Gasteiger partial charge in [0.25, 0.3) is 0 Å². The average Bonchev–Trinajstić information content (AvgIpc) is 2.34. The molecule has 0 N–H and O–H groups in total. The lowest BCUT2D eigenvalue weighted by Gasteiger charge is -2.07. The van der Waals surface area contributed by atoms with Crippen LogP contribution in [0.15, 0.2) is 40.9 Å². The molecule has 1 nitrogen and oxygen atoms in total. The fraction of sp³-hybridized carbons (Fsp3) is 0.133. The maximum Gasteiger partial charge on any atom is 0.167 e. The highest BCUT2D eigenvalue weighted by Gasteiger charge is 2.13. The van der Waals surface area contributed by atoms with E-state index in [-0.39, 0.29) is 17.2 Å². The largest absolute Gasteiger partial charge is 0.294 e. The van der Waals surface area contributed by atoms with E-state index in [2.05, 4.69) is 15.9 Å². The second-order valence-corrected chi connectivity index (χ2v) is 5.57. The van der Waals surface area contributed by atoms with Crippen LogP contribution in [0.5, 0.6) is 0 Å². The van der Waals surface area contributed by atoms with Crippen molar-refractivity contribution < 1.29 is 9.18 Å². The predicted octanol–water partition coefficient (Wildman–Crippen LogP) is 4.98. The summed E-state index contributed by atoms with van der Waals surface area (Å²) >= 11 is 9.21. The fourth-order valence-electron chi connectivity index (χ4n) is 1.89. The Kier molecular flexibility index (Phi) is 4.38. The van der Waals surface area contributed by atoms with Crippen LogP contribution < -0.4 is 0 Å².